The van der Waals surface area contributed by atoms with Gasteiger partial charge in [-0.3, -0.25) is 9.78 Å². The van der Waals surface area contributed by atoms with Crippen molar-refractivity contribution in [3.05, 3.63) is 36.7 Å². The van der Waals surface area contributed by atoms with E-state index in [1.807, 2.05) is 32.0 Å². The zero-order chi connectivity index (χ0) is 23.0. The number of carbonyl (C=O) groups excluding carboxylic acids is 2. The fourth-order valence-electron chi connectivity index (χ4n) is 2.45. The molecule has 2 aromatic heterocycles. The van der Waals surface area contributed by atoms with Gasteiger partial charge in [-0.15, -0.1) is 11.3 Å². The molecule has 2 amide bonds. The molecule has 31 heavy (non-hydrogen) atoms. The molecular formula is C22H28N4O4S. The molecule has 2 heterocycles. The van der Waals surface area contributed by atoms with Crippen LogP contribution in [-0.2, 0) is 9.53 Å². The summed E-state index contributed by atoms with van der Waals surface area (Å²) >= 11 is 1.52. The van der Waals surface area contributed by atoms with Crippen LogP contribution in [0.4, 0.5) is 10.5 Å². The van der Waals surface area contributed by atoms with Gasteiger partial charge in [-0.25, -0.2) is 9.78 Å². The third-order valence-corrected chi connectivity index (χ3v) is 4.74. The van der Waals surface area contributed by atoms with Crippen molar-refractivity contribution in [1.29, 1.82) is 0 Å². The molecule has 9 heteroatoms. The van der Waals surface area contributed by atoms with Gasteiger partial charge in [0.1, 0.15) is 22.9 Å². The molecule has 0 saturated heterocycles. The molecule has 3 aromatic rings. The molecule has 1 aromatic carbocycles. The molecule has 0 fully saturated rings. The standard InChI is InChI=1S/C20H22N4O4S.C2H6/c1-20(2,3)28-19(26)22-11-17(25)23-13-7-12(9-21-10-13)18-24-15-8-14(27-4)5-6-16(15)29-18;1-2/h5-10H,11H2,1-4H3,(H,22,26)(H,23,25);1-2H3. The highest BCUT2D eigenvalue weighted by molar-refractivity contribution is 7.21. The van der Waals surface area contributed by atoms with Crippen LogP contribution in [0.5, 0.6) is 5.75 Å². The summed E-state index contributed by atoms with van der Waals surface area (Å²) in [6, 6.07) is 7.50. The minimum absolute atomic E-state index is 0.208. The number of benzene rings is 1. The average molecular weight is 445 g/mol. The second kappa shape index (κ2) is 10.7. The number of hydrogen-bond donors (Lipinski definition) is 2. The second-order valence-corrected chi connectivity index (χ2v) is 8.25. The summed E-state index contributed by atoms with van der Waals surface area (Å²) in [5, 5.41) is 5.91. The normalized spacial score (nSPS) is 10.6. The van der Waals surface area contributed by atoms with E-state index in [-0.39, 0.29) is 12.5 Å². The van der Waals surface area contributed by atoms with Crippen molar-refractivity contribution in [2.24, 2.45) is 0 Å². The predicted molar refractivity (Wildman–Crippen MR) is 124 cm³/mol. The summed E-state index contributed by atoms with van der Waals surface area (Å²) in [5.41, 5.74) is 1.50. The van der Waals surface area contributed by atoms with Crippen molar-refractivity contribution in [1.82, 2.24) is 15.3 Å². The van der Waals surface area contributed by atoms with Gasteiger partial charge in [0.15, 0.2) is 0 Å². The lowest BCUT2D eigenvalue weighted by atomic mass is 10.2. The molecular weight excluding hydrogens is 416 g/mol. The predicted octanol–water partition coefficient (Wildman–Crippen LogP) is 4.86. The number of alkyl carbamates (subject to hydrolysis) is 1. The Kier molecular flexibility index (Phi) is 8.32. The van der Waals surface area contributed by atoms with E-state index in [0.29, 0.717) is 5.69 Å². The van der Waals surface area contributed by atoms with Gasteiger partial charge in [0, 0.05) is 17.8 Å². The molecule has 0 saturated carbocycles. The first-order valence-electron chi connectivity index (χ1n) is 9.90. The molecule has 0 aliphatic heterocycles. The highest BCUT2D eigenvalue weighted by atomic mass is 32.1. The number of thiazole rings is 1. The maximum absolute atomic E-state index is 12.1. The molecule has 0 radical (unpaired) electrons. The Balaban J connectivity index is 0.00000166. The quantitative estimate of drug-likeness (QED) is 0.583. The summed E-state index contributed by atoms with van der Waals surface area (Å²) < 4.78 is 11.4. The van der Waals surface area contributed by atoms with Crippen molar-refractivity contribution in [2.45, 2.75) is 40.2 Å². The molecule has 0 aliphatic rings. The molecule has 0 spiro atoms. The first-order valence-corrected chi connectivity index (χ1v) is 10.7. The van der Waals surface area contributed by atoms with Crippen LogP contribution in [0.2, 0.25) is 0 Å². The van der Waals surface area contributed by atoms with Gasteiger partial charge in [0.05, 0.1) is 29.2 Å². The maximum atomic E-state index is 12.1. The lowest BCUT2D eigenvalue weighted by Gasteiger charge is -2.19. The molecule has 166 valence electrons. The first kappa shape index (κ1) is 24.1. The highest BCUT2D eigenvalue weighted by Crippen LogP contribution is 2.32. The highest BCUT2D eigenvalue weighted by Gasteiger charge is 2.17. The fourth-order valence-corrected chi connectivity index (χ4v) is 3.38. The lowest BCUT2D eigenvalue weighted by molar-refractivity contribution is -0.115. The number of carbonyl (C=O) groups is 2. The maximum Gasteiger partial charge on any atom is 0.408 e. The summed E-state index contributed by atoms with van der Waals surface area (Å²) in [7, 11) is 1.61. The number of methoxy groups -OCH3 is 1. The van der Waals surface area contributed by atoms with Gasteiger partial charge in [-0.05, 0) is 39.0 Å². The zero-order valence-corrected chi connectivity index (χ0v) is 19.4. The van der Waals surface area contributed by atoms with E-state index in [4.69, 9.17) is 9.47 Å². The number of aromatic nitrogens is 2. The number of amides is 2. The van der Waals surface area contributed by atoms with Crippen molar-refractivity contribution in [2.75, 3.05) is 19.0 Å². The van der Waals surface area contributed by atoms with Gasteiger partial charge in [-0.2, -0.15) is 0 Å². The van der Waals surface area contributed by atoms with E-state index in [1.54, 1.807) is 40.1 Å². The SMILES string of the molecule is CC.COc1ccc2sc(-c3cncc(NC(=O)CNC(=O)OC(C)(C)C)c3)nc2c1. The summed E-state index contributed by atoms with van der Waals surface area (Å²) in [6.45, 7) is 9.05. The Hall–Kier alpha value is -3.20. The summed E-state index contributed by atoms with van der Waals surface area (Å²) in [4.78, 5) is 32.5. The van der Waals surface area contributed by atoms with E-state index in [1.165, 1.54) is 17.5 Å². The number of rotatable bonds is 5. The smallest absolute Gasteiger partial charge is 0.408 e. The fraction of sp³-hybridized carbons (Fsp3) is 0.364. The second-order valence-electron chi connectivity index (χ2n) is 7.22. The Morgan fingerprint density at radius 2 is 1.87 bits per heavy atom. The lowest BCUT2D eigenvalue weighted by Crippen LogP contribution is -2.37. The van der Waals surface area contributed by atoms with Crippen LogP contribution in [0.1, 0.15) is 34.6 Å². The van der Waals surface area contributed by atoms with Crippen LogP contribution in [0.25, 0.3) is 20.8 Å². The van der Waals surface area contributed by atoms with Crippen molar-refractivity contribution >= 4 is 39.2 Å². The number of hydrogen-bond acceptors (Lipinski definition) is 7. The zero-order valence-electron chi connectivity index (χ0n) is 18.6. The van der Waals surface area contributed by atoms with Crippen LogP contribution >= 0.6 is 11.3 Å². The minimum Gasteiger partial charge on any atom is -0.497 e. The molecule has 0 atom stereocenters. The van der Waals surface area contributed by atoms with Crippen LogP contribution in [0.15, 0.2) is 36.7 Å². The molecule has 2 N–H and O–H groups in total. The Bertz CT molecular complexity index is 1040. The van der Waals surface area contributed by atoms with Gasteiger partial charge in [0.25, 0.3) is 0 Å². The summed E-state index contributed by atoms with van der Waals surface area (Å²) in [5.74, 6) is 0.356. The van der Waals surface area contributed by atoms with E-state index in [2.05, 4.69) is 20.6 Å². The Morgan fingerprint density at radius 3 is 2.55 bits per heavy atom. The van der Waals surface area contributed by atoms with E-state index in [9.17, 15) is 9.59 Å². The Morgan fingerprint density at radius 1 is 1.13 bits per heavy atom. The third-order valence-electron chi connectivity index (χ3n) is 3.66. The van der Waals surface area contributed by atoms with Gasteiger partial charge < -0.3 is 20.1 Å². The van der Waals surface area contributed by atoms with Crippen molar-refractivity contribution in [3.8, 4) is 16.3 Å². The molecule has 0 bridgehead atoms. The largest absolute Gasteiger partial charge is 0.497 e. The monoisotopic (exact) mass is 444 g/mol. The number of nitrogens with one attached hydrogen (secondary N) is 2. The molecule has 8 nitrogen and oxygen atoms in total. The Labute approximate surface area is 186 Å². The first-order chi connectivity index (χ1) is 14.7. The average Bonchev–Trinajstić information content (AvgIpc) is 3.16. The van der Waals surface area contributed by atoms with Gasteiger partial charge >= 0.3 is 6.09 Å². The van der Waals surface area contributed by atoms with E-state index in [0.717, 1.165) is 26.5 Å². The third kappa shape index (κ3) is 7.21. The summed E-state index contributed by atoms with van der Waals surface area (Å²) in [6.07, 6.45) is 2.57. The van der Waals surface area contributed by atoms with Crippen molar-refractivity contribution in [3.63, 3.8) is 0 Å². The molecule has 0 aliphatic carbocycles. The minimum atomic E-state index is -0.649. The van der Waals surface area contributed by atoms with E-state index >= 15 is 0 Å². The van der Waals surface area contributed by atoms with Gasteiger partial charge in [0.2, 0.25) is 5.91 Å². The number of nitrogens with zero attached hydrogens (tertiary/aromatic N) is 2. The molecule has 3 rings (SSSR count). The number of anilines is 1. The molecule has 0 unspecified atom stereocenters. The van der Waals surface area contributed by atoms with Gasteiger partial charge in [-0.1, -0.05) is 13.8 Å². The van der Waals surface area contributed by atoms with Crippen LogP contribution < -0.4 is 15.4 Å². The van der Waals surface area contributed by atoms with E-state index < -0.39 is 11.7 Å². The van der Waals surface area contributed by atoms with Crippen LogP contribution in [0, 0.1) is 0 Å². The number of ether oxygens (including phenoxy) is 2. The number of fused-ring (bicyclic) bond motifs is 1. The van der Waals surface area contributed by atoms with Crippen molar-refractivity contribution < 1.29 is 19.1 Å². The van der Waals surface area contributed by atoms with Crippen LogP contribution in [0.3, 0.4) is 0 Å². The number of pyridine rings is 1. The van der Waals surface area contributed by atoms with Crippen LogP contribution in [-0.4, -0.2) is 41.2 Å². The topological polar surface area (TPSA) is 102 Å².